The van der Waals surface area contributed by atoms with Crippen LogP contribution in [-0.2, 0) is 9.84 Å². The lowest BCUT2D eigenvalue weighted by atomic mass is 9.97. The number of benzene rings is 2. The number of nitrogens with zero attached hydrogens (tertiary/aromatic N) is 1. The van der Waals surface area contributed by atoms with Gasteiger partial charge in [0.15, 0.2) is 15.6 Å². The van der Waals surface area contributed by atoms with Crippen molar-refractivity contribution in [3.05, 3.63) is 65.7 Å². The number of likely N-dealkylation sites (tertiary alicyclic amines) is 1. The first-order valence-corrected chi connectivity index (χ1v) is 9.51. The summed E-state index contributed by atoms with van der Waals surface area (Å²) in [4.78, 5) is 13.4. The number of alkyl halides is 1. The normalized spacial score (nSPS) is 16.3. The maximum atomic E-state index is 14.7. The minimum atomic E-state index is -3.90. The highest BCUT2D eigenvalue weighted by molar-refractivity contribution is 7.91. The number of hydrogen-bond donors (Lipinski definition) is 0. The van der Waals surface area contributed by atoms with Crippen LogP contribution in [0.2, 0.25) is 0 Å². The Labute approximate surface area is 161 Å². The van der Waals surface area contributed by atoms with Crippen LogP contribution in [0, 0.1) is 11.6 Å². The third kappa shape index (κ3) is 5.09. The second-order valence-corrected chi connectivity index (χ2v) is 8.43. The van der Waals surface area contributed by atoms with E-state index in [2.05, 4.69) is 0 Å². The van der Waals surface area contributed by atoms with Gasteiger partial charge in [-0.1, -0.05) is 0 Å². The lowest BCUT2D eigenvalue weighted by molar-refractivity contribution is -0.0103. The molecule has 1 fully saturated rings. The fourth-order valence-corrected chi connectivity index (χ4v) is 4.54. The van der Waals surface area contributed by atoms with Crippen LogP contribution in [0.15, 0.2) is 53.4 Å². The molecule has 0 spiro atoms. The number of carbonyl (C=O) groups excluding carboxylic acids is 1. The van der Waals surface area contributed by atoms with Gasteiger partial charge in [0.05, 0.1) is 17.2 Å². The SMILES string of the molecule is Cl.O=C(CN1CC(F)(CS(=O)(=O)c2ccc(F)cc2)C1)c1ccc(F)cc1. The van der Waals surface area contributed by atoms with E-state index in [-0.39, 0.29) is 42.7 Å². The van der Waals surface area contributed by atoms with Crippen LogP contribution >= 0.6 is 12.4 Å². The molecule has 0 aromatic heterocycles. The summed E-state index contributed by atoms with van der Waals surface area (Å²) in [5.41, 5.74) is -1.65. The maximum absolute atomic E-state index is 14.7. The third-order valence-corrected chi connectivity index (χ3v) is 6.06. The molecule has 0 amide bonds. The van der Waals surface area contributed by atoms with Gasteiger partial charge in [0, 0.05) is 18.7 Å². The Hall–Kier alpha value is -1.90. The summed E-state index contributed by atoms with van der Waals surface area (Å²) in [5.74, 6) is -2.06. The van der Waals surface area contributed by atoms with Crippen molar-refractivity contribution in [1.82, 2.24) is 4.90 Å². The molecule has 27 heavy (non-hydrogen) atoms. The molecule has 0 atom stereocenters. The highest BCUT2D eigenvalue weighted by Crippen LogP contribution is 2.29. The minimum absolute atomic E-state index is 0. The summed E-state index contributed by atoms with van der Waals surface area (Å²) in [6.07, 6.45) is 0. The molecule has 0 saturated carbocycles. The van der Waals surface area contributed by atoms with Crippen molar-refractivity contribution in [1.29, 1.82) is 0 Å². The molecule has 2 aromatic carbocycles. The van der Waals surface area contributed by atoms with Crippen LogP contribution < -0.4 is 0 Å². The quantitative estimate of drug-likeness (QED) is 0.533. The maximum Gasteiger partial charge on any atom is 0.181 e. The molecule has 9 heteroatoms. The zero-order valence-electron chi connectivity index (χ0n) is 14.1. The topological polar surface area (TPSA) is 54.5 Å². The van der Waals surface area contributed by atoms with E-state index in [1.54, 1.807) is 0 Å². The Kier molecular flexibility index (Phi) is 6.34. The standard InChI is InChI=1S/C18H16F3NO3S.ClH/c19-14-3-1-13(2-4-14)17(23)9-22-10-18(21,11-22)12-26(24,25)16-7-5-15(20)6-8-16;/h1-8H,9-12H2;1H. The van der Waals surface area contributed by atoms with Gasteiger partial charge in [0.2, 0.25) is 0 Å². The lowest BCUT2D eigenvalue weighted by Crippen LogP contribution is -2.62. The van der Waals surface area contributed by atoms with Gasteiger partial charge in [-0.2, -0.15) is 0 Å². The van der Waals surface area contributed by atoms with E-state index >= 15 is 0 Å². The number of hydrogen-bond acceptors (Lipinski definition) is 4. The lowest BCUT2D eigenvalue weighted by Gasteiger charge is -2.43. The van der Waals surface area contributed by atoms with Crippen molar-refractivity contribution in [2.45, 2.75) is 10.6 Å². The molecule has 1 heterocycles. The molecule has 1 aliphatic rings. The van der Waals surface area contributed by atoms with Crippen LogP contribution in [-0.4, -0.2) is 50.2 Å². The Bertz CT molecular complexity index is 912. The summed E-state index contributed by atoms with van der Waals surface area (Å²) < 4.78 is 64.9. The Morgan fingerprint density at radius 2 is 1.44 bits per heavy atom. The van der Waals surface area contributed by atoms with Crippen molar-refractivity contribution >= 4 is 28.0 Å². The molecule has 0 unspecified atom stereocenters. The van der Waals surface area contributed by atoms with Gasteiger partial charge in [-0.15, -0.1) is 12.4 Å². The van der Waals surface area contributed by atoms with E-state index in [0.29, 0.717) is 5.56 Å². The molecular weight excluding hydrogens is 403 g/mol. The summed E-state index contributed by atoms with van der Waals surface area (Å²) in [6, 6.07) is 9.23. The molecule has 3 rings (SSSR count). The largest absolute Gasteiger partial charge is 0.293 e. The molecular formula is C18H17ClF3NO3S. The smallest absolute Gasteiger partial charge is 0.181 e. The molecule has 1 saturated heterocycles. The fourth-order valence-electron chi connectivity index (χ4n) is 2.95. The van der Waals surface area contributed by atoms with Gasteiger partial charge in [-0.05, 0) is 48.5 Å². The predicted octanol–water partition coefficient (Wildman–Crippen LogP) is 3.07. The van der Waals surface area contributed by atoms with E-state index in [1.165, 1.54) is 17.0 Å². The number of ketones is 1. The van der Waals surface area contributed by atoms with Crippen molar-refractivity contribution in [3.63, 3.8) is 0 Å². The van der Waals surface area contributed by atoms with Crippen LogP contribution in [0.4, 0.5) is 13.2 Å². The van der Waals surface area contributed by atoms with Gasteiger partial charge >= 0.3 is 0 Å². The fraction of sp³-hybridized carbons (Fsp3) is 0.278. The highest BCUT2D eigenvalue weighted by Gasteiger charge is 2.47. The second-order valence-electron chi connectivity index (χ2n) is 6.44. The minimum Gasteiger partial charge on any atom is -0.293 e. The molecule has 0 N–H and O–H groups in total. The Balaban J connectivity index is 0.00000261. The van der Waals surface area contributed by atoms with E-state index in [9.17, 15) is 26.4 Å². The van der Waals surface area contributed by atoms with Gasteiger partial charge in [0.25, 0.3) is 0 Å². The Morgan fingerprint density at radius 1 is 0.963 bits per heavy atom. The molecule has 2 aromatic rings. The van der Waals surface area contributed by atoms with Crippen molar-refractivity contribution in [3.8, 4) is 0 Å². The van der Waals surface area contributed by atoms with E-state index in [0.717, 1.165) is 36.4 Å². The molecule has 0 aliphatic carbocycles. The number of halogens is 4. The van der Waals surface area contributed by atoms with Crippen LogP contribution in [0.1, 0.15) is 10.4 Å². The highest BCUT2D eigenvalue weighted by atomic mass is 35.5. The molecule has 1 aliphatic heterocycles. The first kappa shape index (κ1) is 21.4. The summed E-state index contributed by atoms with van der Waals surface area (Å²) >= 11 is 0. The first-order valence-electron chi connectivity index (χ1n) is 7.85. The summed E-state index contributed by atoms with van der Waals surface area (Å²) in [7, 11) is -3.90. The Morgan fingerprint density at radius 3 is 1.96 bits per heavy atom. The molecule has 146 valence electrons. The summed E-state index contributed by atoms with van der Waals surface area (Å²) in [6.45, 7) is -0.464. The van der Waals surface area contributed by atoms with Gasteiger partial charge in [-0.25, -0.2) is 21.6 Å². The zero-order chi connectivity index (χ0) is 18.9. The summed E-state index contributed by atoms with van der Waals surface area (Å²) in [5, 5.41) is 0. The second kappa shape index (κ2) is 8.00. The predicted molar refractivity (Wildman–Crippen MR) is 96.7 cm³/mol. The van der Waals surface area contributed by atoms with E-state index in [4.69, 9.17) is 0 Å². The monoisotopic (exact) mass is 419 g/mol. The van der Waals surface area contributed by atoms with Crippen LogP contribution in [0.3, 0.4) is 0 Å². The van der Waals surface area contributed by atoms with Crippen molar-refractivity contribution in [2.75, 3.05) is 25.4 Å². The molecule has 0 bridgehead atoms. The number of Topliss-reactive ketones (excluding diaryl/α,β-unsaturated/α-hetero) is 1. The van der Waals surface area contributed by atoms with E-state index < -0.39 is 32.9 Å². The van der Waals surface area contributed by atoms with Crippen molar-refractivity contribution in [2.24, 2.45) is 0 Å². The third-order valence-electron chi connectivity index (χ3n) is 4.17. The first-order chi connectivity index (χ1) is 12.2. The van der Waals surface area contributed by atoms with Crippen LogP contribution in [0.5, 0.6) is 0 Å². The number of rotatable bonds is 6. The average Bonchev–Trinajstić information content (AvgIpc) is 2.54. The van der Waals surface area contributed by atoms with Gasteiger partial charge < -0.3 is 0 Å². The van der Waals surface area contributed by atoms with Crippen molar-refractivity contribution < 1.29 is 26.4 Å². The zero-order valence-corrected chi connectivity index (χ0v) is 15.7. The molecule has 0 radical (unpaired) electrons. The van der Waals surface area contributed by atoms with Gasteiger partial charge in [-0.3, -0.25) is 9.69 Å². The molecule has 4 nitrogen and oxygen atoms in total. The number of sulfone groups is 1. The number of carbonyl (C=O) groups is 1. The van der Waals surface area contributed by atoms with Crippen LogP contribution in [0.25, 0.3) is 0 Å². The average molecular weight is 420 g/mol. The van der Waals surface area contributed by atoms with E-state index in [1.807, 2.05) is 0 Å². The van der Waals surface area contributed by atoms with Gasteiger partial charge in [0.1, 0.15) is 17.3 Å².